The summed E-state index contributed by atoms with van der Waals surface area (Å²) in [5.41, 5.74) is -1.66. The predicted molar refractivity (Wildman–Crippen MR) is 152 cm³/mol. The fourth-order valence-corrected chi connectivity index (χ4v) is 4.79. The Hall–Kier alpha value is -3.28. The number of carbonyl (C=O) groups excluding carboxylic acids is 4. The molecule has 0 aliphatic carbocycles. The Kier molecular flexibility index (Phi) is 13.1. The molecule has 0 radical (unpaired) electrons. The second-order valence-corrected chi connectivity index (χ2v) is 12.5. The fraction of sp³-hybridized carbons (Fsp3) is 0.500. The first-order valence-corrected chi connectivity index (χ1v) is 15.3. The van der Waals surface area contributed by atoms with Crippen LogP contribution in [0.4, 0.5) is 0 Å². The highest BCUT2D eigenvalue weighted by Gasteiger charge is 2.39. The number of hydrogen-bond donors (Lipinski definition) is 4. The van der Waals surface area contributed by atoms with Crippen LogP contribution < -0.4 is 16.0 Å². The van der Waals surface area contributed by atoms with E-state index in [4.69, 9.17) is 9.47 Å². The van der Waals surface area contributed by atoms with Gasteiger partial charge in [0, 0.05) is 14.2 Å². The molecule has 0 fully saturated rings. The number of methoxy groups -OCH3 is 2. The van der Waals surface area contributed by atoms with Crippen molar-refractivity contribution in [3.8, 4) is 0 Å². The average Bonchev–Trinajstić information content (AvgIpc) is 3.37. The van der Waals surface area contributed by atoms with Crippen LogP contribution in [-0.2, 0) is 44.6 Å². The van der Waals surface area contributed by atoms with Gasteiger partial charge < -0.3 is 30.5 Å². The minimum atomic E-state index is -3.98. The van der Waals surface area contributed by atoms with Crippen LogP contribution in [0.3, 0.4) is 0 Å². The summed E-state index contributed by atoms with van der Waals surface area (Å²) < 4.78 is 37.7. The summed E-state index contributed by atoms with van der Waals surface area (Å²) in [5.74, 6) is -3.07. The lowest BCUT2D eigenvalue weighted by Crippen LogP contribution is -2.60. The highest BCUT2D eigenvalue weighted by atomic mass is 32.2. The van der Waals surface area contributed by atoms with E-state index in [1.807, 2.05) is 0 Å². The molecule has 4 N–H and O–H groups in total. The van der Waals surface area contributed by atoms with Crippen molar-refractivity contribution in [2.75, 3.05) is 40.3 Å². The lowest BCUT2D eigenvalue weighted by Gasteiger charge is -2.29. The fourth-order valence-electron chi connectivity index (χ4n) is 3.67. The van der Waals surface area contributed by atoms with E-state index in [-0.39, 0.29) is 24.5 Å². The van der Waals surface area contributed by atoms with Crippen LogP contribution in [0, 0.1) is 6.92 Å². The molecule has 0 aliphatic heterocycles. The van der Waals surface area contributed by atoms with Gasteiger partial charge in [0.25, 0.3) is 16.0 Å². The number of Topliss-reactive ketones (excluding diaryl/α,β-unsaturated/α-hetero) is 1. The smallest absolute Gasteiger partial charge is 0.264 e. The maximum Gasteiger partial charge on any atom is 0.264 e. The van der Waals surface area contributed by atoms with Gasteiger partial charge in [-0.1, -0.05) is 30.3 Å². The molecule has 4 atom stereocenters. The van der Waals surface area contributed by atoms with Gasteiger partial charge in [0.1, 0.15) is 29.2 Å². The molecule has 1 heterocycles. The molecule has 42 heavy (non-hydrogen) atoms. The molecule has 0 saturated carbocycles. The summed E-state index contributed by atoms with van der Waals surface area (Å²) in [4.78, 5) is 56.7. The number of carbonyl (C=O) groups is 4. The van der Waals surface area contributed by atoms with Crippen molar-refractivity contribution in [3.63, 3.8) is 0 Å². The van der Waals surface area contributed by atoms with Crippen molar-refractivity contribution in [2.24, 2.45) is 0 Å². The standard InChI is InChI=1S/C26H36N4O10S2/c1-16-27-12-21(41-16)25(34)30-20(14-39-4)24(33)29-19(13-38-3)23(32)28-18(11-17-9-7-6-8-10-17)22(31)26(2,35)15-40-42(5,36)37/h6-10,12,18-20,35H,11,13-15H2,1-5H3,(H,28,32)(H,29,33)(H,30,34)/t18-,19-,20-,26?/m0/s1. The number of thiazole rings is 1. The summed E-state index contributed by atoms with van der Waals surface area (Å²) in [6.45, 7) is 1.40. The quantitative estimate of drug-likeness (QED) is 0.162. The number of ether oxygens (including phenoxy) is 2. The molecular formula is C26H36N4O10S2. The second-order valence-electron chi connectivity index (χ2n) is 9.60. The molecule has 0 aliphatic rings. The van der Waals surface area contributed by atoms with Crippen LogP contribution in [0.25, 0.3) is 0 Å². The Balaban J connectivity index is 2.24. The van der Waals surface area contributed by atoms with E-state index in [0.29, 0.717) is 10.6 Å². The average molecular weight is 629 g/mol. The molecule has 16 heteroatoms. The maximum atomic E-state index is 13.4. The minimum Gasteiger partial charge on any atom is -0.382 e. The molecule has 0 spiro atoms. The molecule has 14 nitrogen and oxygen atoms in total. The van der Waals surface area contributed by atoms with Crippen LogP contribution >= 0.6 is 11.3 Å². The third kappa shape index (κ3) is 11.2. The summed E-state index contributed by atoms with van der Waals surface area (Å²) in [5, 5.41) is 19.0. The largest absolute Gasteiger partial charge is 0.382 e. The zero-order valence-electron chi connectivity index (χ0n) is 23.9. The Morgan fingerprint density at radius 2 is 1.52 bits per heavy atom. The molecule has 0 bridgehead atoms. The van der Waals surface area contributed by atoms with Crippen molar-refractivity contribution in [1.82, 2.24) is 20.9 Å². The van der Waals surface area contributed by atoms with E-state index in [1.54, 1.807) is 37.3 Å². The molecule has 1 aromatic heterocycles. The van der Waals surface area contributed by atoms with Crippen LogP contribution in [0.5, 0.6) is 0 Å². The van der Waals surface area contributed by atoms with Gasteiger partial charge in [0.15, 0.2) is 5.78 Å². The third-order valence-electron chi connectivity index (χ3n) is 5.77. The molecule has 2 rings (SSSR count). The molecule has 2 aromatic rings. The summed E-state index contributed by atoms with van der Waals surface area (Å²) in [7, 11) is -1.34. The first-order valence-electron chi connectivity index (χ1n) is 12.6. The van der Waals surface area contributed by atoms with Gasteiger partial charge in [0.2, 0.25) is 11.8 Å². The van der Waals surface area contributed by atoms with Gasteiger partial charge in [-0.15, -0.1) is 11.3 Å². The van der Waals surface area contributed by atoms with Gasteiger partial charge in [-0.25, -0.2) is 4.98 Å². The van der Waals surface area contributed by atoms with Crippen LogP contribution in [0.2, 0.25) is 0 Å². The third-order valence-corrected chi connectivity index (χ3v) is 7.22. The molecule has 1 unspecified atom stereocenters. The Bertz CT molecular complexity index is 1330. The number of hydrogen-bond acceptors (Lipinski definition) is 12. The van der Waals surface area contributed by atoms with Crippen molar-refractivity contribution in [1.29, 1.82) is 0 Å². The Labute approximate surface area is 248 Å². The SMILES string of the molecule is COC[C@H](NC(=O)c1cnc(C)s1)C(=O)N[C@@H](COC)C(=O)N[C@@H](Cc1ccccc1)C(=O)C(C)(O)COS(C)(=O)=O. The maximum absolute atomic E-state index is 13.4. The number of nitrogens with zero attached hydrogens (tertiary/aromatic N) is 1. The topological polar surface area (TPSA) is 199 Å². The van der Waals surface area contributed by atoms with Gasteiger partial charge in [0.05, 0.1) is 36.7 Å². The number of benzene rings is 1. The highest BCUT2D eigenvalue weighted by Crippen LogP contribution is 2.15. The molecular weight excluding hydrogens is 592 g/mol. The second kappa shape index (κ2) is 15.8. The van der Waals surface area contributed by atoms with Crippen molar-refractivity contribution >= 4 is 45.0 Å². The van der Waals surface area contributed by atoms with Gasteiger partial charge in [-0.3, -0.25) is 23.4 Å². The summed E-state index contributed by atoms with van der Waals surface area (Å²) in [6, 6.07) is 4.73. The number of amides is 3. The van der Waals surface area contributed by atoms with Crippen LogP contribution in [0.1, 0.15) is 27.2 Å². The normalized spacial score (nSPS) is 15.1. The summed E-state index contributed by atoms with van der Waals surface area (Å²) in [6.07, 6.45) is 2.08. The highest BCUT2D eigenvalue weighted by molar-refractivity contribution is 7.86. The molecule has 0 saturated heterocycles. The van der Waals surface area contributed by atoms with E-state index in [1.165, 1.54) is 20.4 Å². The summed E-state index contributed by atoms with van der Waals surface area (Å²) >= 11 is 1.14. The van der Waals surface area contributed by atoms with Crippen LogP contribution in [-0.4, -0.2) is 106 Å². The Morgan fingerprint density at radius 1 is 0.976 bits per heavy atom. The Morgan fingerprint density at radius 3 is 2.02 bits per heavy atom. The van der Waals surface area contributed by atoms with Gasteiger partial charge in [-0.2, -0.15) is 8.42 Å². The monoisotopic (exact) mass is 628 g/mol. The number of aryl methyl sites for hydroxylation is 1. The molecule has 232 valence electrons. The van der Waals surface area contributed by atoms with E-state index in [0.717, 1.165) is 24.5 Å². The van der Waals surface area contributed by atoms with Crippen molar-refractivity contribution in [2.45, 2.75) is 44.0 Å². The minimum absolute atomic E-state index is 0.0648. The van der Waals surface area contributed by atoms with Gasteiger partial charge in [-0.05, 0) is 25.8 Å². The number of ketones is 1. The zero-order chi connectivity index (χ0) is 31.5. The van der Waals surface area contributed by atoms with Crippen molar-refractivity contribution < 1.29 is 46.4 Å². The first kappa shape index (κ1) is 34.9. The molecule has 1 aromatic carbocycles. The molecule has 3 amide bonds. The van der Waals surface area contributed by atoms with Gasteiger partial charge >= 0.3 is 0 Å². The number of nitrogens with one attached hydrogen (secondary N) is 3. The van der Waals surface area contributed by atoms with E-state index >= 15 is 0 Å². The van der Waals surface area contributed by atoms with E-state index < -0.39 is 64.0 Å². The number of rotatable bonds is 17. The van der Waals surface area contributed by atoms with Crippen LogP contribution in [0.15, 0.2) is 36.5 Å². The van der Waals surface area contributed by atoms with Crippen molar-refractivity contribution in [3.05, 3.63) is 52.0 Å². The number of aromatic nitrogens is 1. The predicted octanol–water partition coefficient (Wildman–Crippen LogP) is -0.649. The first-order chi connectivity index (χ1) is 19.7. The number of aliphatic hydroxyl groups is 1. The van der Waals surface area contributed by atoms with E-state index in [9.17, 15) is 32.7 Å². The lowest BCUT2D eigenvalue weighted by molar-refractivity contribution is -0.143. The zero-order valence-corrected chi connectivity index (χ0v) is 25.5. The lowest BCUT2D eigenvalue weighted by atomic mass is 9.91. The van der Waals surface area contributed by atoms with E-state index in [2.05, 4.69) is 25.1 Å².